The molecule has 5 saturated carbocycles. The highest BCUT2D eigenvalue weighted by Gasteiger charge is 2.71. The molecule has 0 aromatic carbocycles. The molecule has 2 heterocycles. The standard InChI is InChI=1S/C45H68N2O3/c1-9-49-40(48)38-32-22-28(23-33(32)38)34-13-15-42(6)36(41(34,4)5)14-16-44(8)37(42)11-10-35-39-31(27(2)3)12-17-45(39,19-18-43(35,44)7)46-20-21-47-25-30-24-29(47)26-50-30/h13,22,29-33,35-39,46H,2,9-12,14-21,23-26H2,1,3-8H3/t29?,30-,31-,32?,33?,35+,36-,37+,38?,39+,42-,43+,44+,45-/m0/s1. The van der Waals surface area contributed by atoms with E-state index < -0.39 is 0 Å². The van der Waals surface area contributed by atoms with E-state index in [-0.39, 0.29) is 22.8 Å². The summed E-state index contributed by atoms with van der Waals surface area (Å²) in [7, 11) is 0. The maximum absolute atomic E-state index is 12.5. The number of hydrogen-bond acceptors (Lipinski definition) is 5. The summed E-state index contributed by atoms with van der Waals surface area (Å²) in [6.07, 6.45) is 20.1. The van der Waals surface area contributed by atoms with Gasteiger partial charge in [-0.05, 0) is 159 Å². The molecule has 9 rings (SSSR count). The van der Waals surface area contributed by atoms with E-state index in [4.69, 9.17) is 9.47 Å². The number of carbonyl (C=O) groups is 1. The van der Waals surface area contributed by atoms with Crippen molar-refractivity contribution in [3.8, 4) is 0 Å². The first kappa shape index (κ1) is 34.3. The van der Waals surface area contributed by atoms with Gasteiger partial charge in [0.1, 0.15) is 0 Å². The zero-order chi connectivity index (χ0) is 35.0. The number of rotatable bonds is 8. The fourth-order valence-corrected chi connectivity index (χ4v) is 16.0. The van der Waals surface area contributed by atoms with Gasteiger partial charge in [-0.2, -0.15) is 0 Å². The van der Waals surface area contributed by atoms with E-state index in [1.165, 1.54) is 76.3 Å². The highest BCUT2D eigenvalue weighted by atomic mass is 16.5. The fraction of sp³-hybridized carbons (Fsp3) is 0.844. The van der Waals surface area contributed by atoms with Crippen molar-refractivity contribution < 1.29 is 14.3 Å². The molecule has 7 aliphatic carbocycles. The zero-order valence-corrected chi connectivity index (χ0v) is 32.6. The summed E-state index contributed by atoms with van der Waals surface area (Å²) in [5, 5.41) is 4.36. The molecular formula is C45H68N2O3. The molecule has 4 unspecified atom stereocenters. The van der Waals surface area contributed by atoms with Gasteiger partial charge >= 0.3 is 5.97 Å². The van der Waals surface area contributed by atoms with Gasteiger partial charge in [0.25, 0.3) is 0 Å². The molecule has 5 heteroatoms. The molecule has 2 bridgehead atoms. The van der Waals surface area contributed by atoms with Crippen LogP contribution in [0.1, 0.15) is 119 Å². The Labute approximate surface area is 303 Å². The number of fused-ring (bicyclic) bond motifs is 10. The normalized spacial score (nSPS) is 51.1. The van der Waals surface area contributed by atoms with E-state index in [2.05, 4.69) is 70.5 Å². The molecular weight excluding hydrogens is 617 g/mol. The first-order valence-corrected chi connectivity index (χ1v) is 21.1. The van der Waals surface area contributed by atoms with Crippen molar-refractivity contribution in [1.29, 1.82) is 0 Å². The van der Waals surface area contributed by atoms with Crippen LogP contribution in [0.15, 0.2) is 35.5 Å². The molecule has 7 fully saturated rings. The highest BCUT2D eigenvalue weighted by Crippen LogP contribution is 2.77. The molecule has 9 aliphatic rings. The summed E-state index contributed by atoms with van der Waals surface area (Å²) in [4.78, 5) is 15.2. The van der Waals surface area contributed by atoms with Crippen molar-refractivity contribution in [2.75, 3.05) is 32.8 Å². The lowest BCUT2D eigenvalue weighted by Gasteiger charge is -2.72. The molecule has 14 atom stereocenters. The Kier molecular flexibility index (Phi) is 7.92. The quantitative estimate of drug-likeness (QED) is 0.205. The number of allylic oxidation sites excluding steroid dienone is 5. The Bertz CT molecular complexity index is 1500. The van der Waals surface area contributed by atoms with Gasteiger partial charge in [-0.15, -0.1) is 0 Å². The molecule has 0 radical (unpaired) electrons. The van der Waals surface area contributed by atoms with Crippen molar-refractivity contribution in [3.05, 3.63) is 35.5 Å². The first-order valence-electron chi connectivity index (χ1n) is 21.1. The number of morpholine rings is 1. The van der Waals surface area contributed by atoms with Crippen LogP contribution in [0, 0.1) is 69.0 Å². The largest absolute Gasteiger partial charge is 0.466 e. The fourth-order valence-electron chi connectivity index (χ4n) is 16.0. The Balaban J connectivity index is 0.960. The monoisotopic (exact) mass is 685 g/mol. The number of esters is 1. The molecule has 5 nitrogen and oxygen atoms in total. The van der Waals surface area contributed by atoms with Gasteiger partial charge in [0.2, 0.25) is 0 Å². The van der Waals surface area contributed by atoms with Crippen LogP contribution in [-0.2, 0) is 14.3 Å². The van der Waals surface area contributed by atoms with Crippen molar-refractivity contribution in [1.82, 2.24) is 10.2 Å². The molecule has 0 aromatic heterocycles. The summed E-state index contributed by atoms with van der Waals surface area (Å²) in [6.45, 7) is 27.3. The third kappa shape index (κ3) is 4.63. The van der Waals surface area contributed by atoms with Crippen LogP contribution in [0.4, 0.5) is 0 Å². The molecule has 1 N–H and O–H groups in total. The molecule has 50 heavy (non-hydrogen) atoms. The summed E-state index contributed by atoms with van der Waals surface area (Å²) in [6, 6.07) is 0.656. The highest BCUT2D eigenvalue weighted by molar-refractivity contribution is 5.78. The van der Waals surface area contributed by atoms with Crippen molar-refractivity contribution in [2.24, 2.45) is 69.0 Å². The van der Waals surface area contributed by atoms with Gasteiger partial charge in [-0.3, -0.25) is 9.69 Å². The molecule has 2 aliphatic heterocycles. The van der Waals surface area contributed by atoms with Gasteiger partial charge in [-0.25, -0.2) is 0 Å². The maximum atomic E-state index is 12.5. The lowest BCUT2D eigenvalue weighted by Crippen LogP contribution is -2.68. The smallest absolute Gasteiger partial charge is 0.309 e. The Morgan fingerprint density at radius 1 is 1.04 bits per heavy atom. The summed E-state index contributed by atoms with van der Waals surface area (Å²) < 4.78 is 11.3. The molecule has 2 saturated heterocycles. The SMILES string of the molecule is C=C(C)[C@@H]1CC[C@]2(NCCN3C[C@@H]4CC3CO4)CC[C@]3(C)[C@H](CC[C@@H]4[C@@]5(C)CC=C(C6=CC7C(C6)C7C(=O)OCC)C(C)(C)[C@@H]5CC[C@]43C)[C@@H]12. The summed E-state index contributed by atoms with van der Waals surface area (Å²) in [5.41, 5.74) is 6.14. The first-order chi connectivity index (χ1) is 23.8. The van der Waals surface area contributed by atoms with Gasteiger partial charge in [-0.1, -0.05) is 58.9 Å². The van der Waals surface area contributed by atoms with E-state index in [0.29, 0.717) is 64.6 Å². The van der Waals surface area contributed by atoms with Crippen molar-refractivity contribution in [3.63, 3.8) is 0 Å². The molecule has 276 valence electrons. The Hall–Kier alpha value is -1.43. The summed E-state index contributed by atoms with van der Waals surface area (Å²) >= 11 is 0. The van der Waals surface area contributed by atoms with E-state index >= 15 is 0 Å². The van der Waals surface area contributed by atoms with Gasteiger partial charge in [0, 0.05) is 31.2 Å². The van der Waals surface area contributed by atoms with Gasteiger partial charge in [0.05, 0.1) is 25.2 Å². The Morgan fingerprint density at radius 3 is 2.54 bits per heavy atom. The van der Waals surface area contributed by atoms with Crippen LogP contribution in [0.3, 0.4) is 0 Å². The second-order valence-corrected chi connectivity index (χ2v) is 20.6. The lowest BCUT2D eigenvalue weighted by molar-refractivity contribution is -0.221. The average Bonchev–Trinajstić information content (AvgIpc) is 3.58. The van der Waals surface area contributed by atoms with Crippen LogP contribution in [0.25, 0.3) is 0 Å². The molecule has 0 spiro atoms. The van der Waals surface area contributed by atoms with Gasteiger partial charge < -0.3 is 14.8 Å². The van der Waals surface area contributed by atoms with Crippen molar-refractivity contribution >= 4 is 5.97 Å². The second kappa shape index (κ2) is 11.5. The predicted octanol–water partition coefficient (Wildman–Crippen LogP) is 8.75. The van der Waals surface area contributed by atoms with Crippen LogP contribution < -0.4 is 5.32 Å². The third-order valence-corrected chi connectivity index (χ3v) is 18.5. The number of hydrogen-bond donors (Lipinski definition) is 1. The molecule has 0 amide bonds. The van der Waals surface area contributed by atoms with E-state index in [1.807, 2.05) is 6.92 Å². The van der Waals surface area contributed by atoms with Crippen LogP contribution in [0.2, 0.25) is 0 Å². The van der Waals surface area contributed by atoms with Crippen LogP contribution >= 0.6 is 0 Å². The Morgan fingerprint density at radius 2 is 1.86 bits per heavy atom. The third-order valence-electron chi connectivity index (χ3n) is 18.5. The zero-order valence-electron chi connectivity index (χ0n) is 32.6. The van der Waals surface area contributed by atoms with Crippen molar-refractivity contribution in [2.45, 2.75) is 137 Å². The maximum Gasteiger partial charge on any atom is 0.309 e. The predicted molar refractivity (Wildman–Crippen MR) is 200 cm³/mol. The number of nitrogens with one attached hydrogen (secondary N) is 1. The van der Waals surface area contributed by atoms with E-state index in [0.717, 1.165) is 38.0 Å². The lowest BCUT2D eigenvalue weighted by atomic mass is 9.33. The number of ether oxygens (including phenoxy) is 2. The van der Waals surface area contributed by atoms with Crippen LogP contribution in [0.5, 0.6) is 0 Å². The minimum absolute atomic E-state index is 0.0325. The van der Waals surface area contributed by atoms with E-state index in [9.17, 15) is 4.79 Å². The molecule has 0 aromatic rings. The second-order valence-electron chi connectivity index (χ2n) is 20.6. The summed E-state index contributed by atoms with van der Waals surface area (Å²) in [5.74, 6) is 4.66. The minimum atomic E-state index is 0.0325. The number of nitrogens with zero attached hydrogens (tertiary/aromatic N) is 1. The number of likely N-dealkylation sites (tertiary alicyclic amines) is 1. The minimum Gasteiger partial charge on any atom is -0.466 e. The van der Waals surface area contributed by atoms with Gasteiger partial charge in [0.15, 0.2) is 0 Å². The number of carbonyl (C=O) groups excluding carboxylic acids is 1. The topological polar surface area (TPSA) is 50.8 Å². The van der Waals surface area contributed by atoms with E-state index in [1.54, 1.807) is 11.1 Å². The van der Waals surface area contributed by atoms with Crippen LogP contribution in [-0.4, -0.2) is 61.4 Å². The average molecular weight is 685 g/mol.